The molecule has 1 aliphatic rings. The summed E-state index contributed by atoms with van der Waals surface area (Å²) in [4.78, 5) is 4.89. The van der Waals surface area contributed by atoms with Gasteiger partial charge in [-0.1, -0.05) is 60.7 Å². The molecule has 3 aromatic rings. The van der Waals surface area contributed by atoms with E-state index < -0.39 is 5.79 Å². The third-order valence-corrected chi connectivity index (χ3v) is 4.85. The van der Waals surface area contributed by atoms with Crippen LogP contribution >= 0.6 is 0 Å². The van der Waals surface area contributed by atoms with E-state index in [1.165, 1.54) is 0 Å². The van der Waals surface area contributed by atoms with Gasteiger partial charge >= 0.3 is 0 Å². The average molecular weight is 375 g/mol. The van der Waals surface area contributed by atoms with Crippen molar-refractivity contribution in [3.63, 3.8) is 0 Å². The van der Waals surface area contributed by atoms with Crippen LogP contribution in [0.25, 0.3) is 11.3 Å². The average Bonchev–Trinajstić information content (AvgIpc) is 2.70. The van der Waals surface area contributed by atoms with Crippen LogP contribution in [0, 0.1) is 6.92 Å². The fourth-order valence-corrected chi connectivity index (χ4v) is 3.43. The Bertz CT molecular complexity index is 953. The first-order valence-corrected chi connectivity index (χ1v) is 9.56. The molecule has 0 fully saturated rings. The smallest absolute Gasteiger partial charge is 0.205 e. The zero-order valence-electron chi connectivity index (χ0n) is 16.6. The summed E-state index contributed by atoms with van der Waals surface area (Å²) in [6.07, 6.45) is 0. The number of pyridine rings is 1. The van der Waals surface area contributed by atoms with E-state index in [0.717, 1.165) is 39.4 Å². The van der Waals surface area contributed by atoms with Crippen LogP contribution in [0.3, 0.4) is 0 Å². The molecule has 4 heteroatoms. The van der Waals surface area contributed by atoms with Crippen LogP contribution in [0.4, 0.5) is 0 Å². The molecule has 0 spiro atoms. The Morgan fingerprint density at radius 2 is 1.64 bits per heavy atom. The van der Waals surface area contributed by atoms with Gasteiger partial charge in [0.25, 0.3) is 0 Å². The SMILES string of the molecule is Cc1nc(-c2ccccc2)c(COCc2ccccc2)c2c1OC(C)(C)OC2. The van der Waals surface area contributed by atoms with Gasteiger partial charge in [0.05, 0.1) is 31.2 Å². The van der Waals surface area contributed by atoms with Crippen molar-refractivity contribution in [2.45, 2.75) is 46.4 Å². The molecular formula is C24H25NO3. The van der Waals surface area contributed by atoms with Gasteiger partial charge in [0, 0.05) is 30.5 Å². The number of hydrogen-bond donors (Lipinski definition) is 0. The number of fused-ring (bicyclic) bond motifs is 1. The minimum absolute atomic E-state index is 0.446. The summed E-state index contributed by atoms with van der Waals surface area (Å²) in [5.74, 6) is 0.157. The second-order valence-electron chi connectivity index (χ2n) is 7.47. The van der Waals surface area contributed by atoms with E-state index in [0.29, 0.717) is 19.8 Å². The fraction of sp³-hybridized carbons (Fsp3) is 0.292. The summed E-state index contributed by atoms with van der Waals surface area (Å²) < 4.78 is 18.1. The zero-order chi connectivity index (χ0) is 19.6. The Hall–Kier alpha value is -2.69. The number of hydrogen-bond acceptors (Lipinski definition) is 4. The van der Waals surface area contributed by atoms with E-state index in [9.17, 15) is 0 Å². The van der Waals surface area contributed by atoms with E-state index >= 15 is 0 Å². The standard InChI is InChI=1S/C24H25NO3/c1-17-23-21(16-27-24(2,3)28-23)20(15-26-14-18-10-6-4-7-11-18)22(25-17)19-12-8-5-9-13-19/h4-13H,14-16H2,1-3H3. The molecule has 28 heavy (non-hydrogen) atoms. The molecule has 0 atom stereocenters. The highest BCUT2D eigenvalue weighted by Gasteiger charge is 2.32. The molecule has 0 bridgehead atoms. The molecule has 2 aromatic carbocycles. The van der Waals surface area contributed by atoms with Gasteiger partial charge < -0.3 is 14.2 Å². The van der Waals surface area contributed by atoms with Gasteiger partial charge in [-0.25, -0.2) is 4.98 Å². The van der Waals surface area contributed by atoms with E-state index in [2.05, 4.69) is 24.3 Å². The Balaban J connectivity index is 1.71. The van der Waals surface area contributed by atoms with Gasteiger partial charge in [0.15, 0.2) is 0 Å². The van der Waals surface area contributed by atoms with Gasteiger partial charge in [-0.05, 0) is 12.5 Å². The van der Waals surface area contributed by atoms with Crippen LogP contribution < -0.4 is 4.74 Å². The van der Waals surface area contributed by atoms with Crippen LogP contribution in [-0.2, 0) is 29.3 Å². The summed E-state index contributed by atoms with van der Waals surface area (Å²) in [5, 5.41) is 0. The number of nitrogens with zero attached hydrogens (tertiary/aromatic N) is 1. The van der Waals surface area contributed by atoms with Gasteiger partial charge in [0.2, 0.25) is 5.79 Å². The lowest BCUT2D eigenvalue weighted by atomic mass is 9.99. The van der Waals surface area contributed by atoms with Gasteiger partial charge in [-0.15, -0.1) is 0 Å². The second kappa shape index (κ2) is 7.74. The molecule has 0 saturated heterocycles. The minimum atomic E-state index is -0.657. The third-order valence-electron chi connectivity index (χ3n) is 4.85. The summed E-state index contributed by atoms with van der Waals surface area (Å²) in [6, 6.07) is 20.4. The molecule has 0 unspecified atom stereocenters. The number of ether oxygens (including phenoxy) is 3. The minimum Gasteiger partial charge on any atom is -0.461 e. The first kappa shape index (κ1) is 18.7. The monoisotopic (exact) mass is 375 g/mol. The fourth-order valence-electron chi connectivity index (χ4n) is 3.43. The van der Waals surface area contributed by atoms with Crippen molar-refractivity contribution in [2.24, 2.45) is 0 Å². The topological polar surface area (TPSA) is 40.6 Å². The van der Waals surface area contributed by atoms with Crippen molar-refractivity contribution in [3.8, 4) is 17.0 Å². The zero-order valence-corrected chi connectivity index (χ0v) is 16.6. The van der Waals surface area contributed by atoms with E-state index in [-0.39, 0.29) is 0 Å². The lowest BCUT2D eigenvalue weighted by Crippen LogP contribution is -2.36. The summed E-state index contributed by atoms with van der Waals surface area (Å²) in [7, 11) is 0. The van der Waals surface area contributed by atoms with Crippen LogP contribution in [0.1, 0.15) is 36.2 Å². The molecule has 2 heterocycles. The molecule has 0 amide bonds. The highest BCUT2D eigenvalue weighted by Crippen LogP contribution is 2.39. The molecule has 4 nitrogen and oxygen atoms in total. The molecule has 0 radical (unpaired) electrons. The Morgan fingerprint density at radius 3 is 2.36 bits per heavy atom. The predicted molar refractivity (Wildman–Crippen MR) is 109 cm³/mol. The van der Waals surface area contributed by atoms with Crippen molar-refractivity contribution < 1.29 is 14.2 Å². The van der Waals surface area contributed by atoms with E-state index in [4.69, 9.17) is 19.2 Å². The maximum Gasteiger partial charge on any atom is 0.205 e. The summed E-state index contributed by atoms with van der Waals surface area (Å²) in [5.41, 5.74) is 6.06. The molecule has 4 rings (SSSR count). The van der Waals surface area contributed by atoms with Crippen molar-refractivity contribution in [1.82, 2.24) is 4.98 Å². The van der Waals surface area contributed by atoms with Crippen molar-refractivity contribution in [3.05, 3.63) is 83.0 Å². The highest BCUT2D eigenvalue weighted by molar-refractivity contribution is 5.67. The maximum atomic E-state index is 6.11. The summed E-state index contributed by atoms with van der Waals surface area (Å²) in [6.45, 7) is 7.31. The van der Waals surface area contributed by atoms with Gasteiger partial charge in [-0.2, -0.15) is 0 Å². The van der Waals surface area contributed by atoms with Crippen LogP contribution in [0.2, 0.25) is 0 Å². The normalized spacial score (nSPS) is 15.0. The quantitative estimate of drug-likeness (QED) is 0.597. The number of aromatic nitrogens is 1. The number of aryl methyl sites for hydroxylation is 1. The number of rotatable bonds is 5. The van der Waals surface area contributed by atoms with E-state index in [1.54, 1.807) is 0 Å². The molecule has 1 aromatic heterocycles. The van der Waals surface area contributed by atoms with Gasteiger partial charge in [0.1, 0.15) is 5.75 Å². The lowest BCUT2D eigenvalue weighted by molar-refractivity contribution is -0.181. The third kappa shape index (κ3) is 3.93. The molecular weight excluding hydrogens is 350 g/mol. The van der Waals surface area contributed by atoms with Crippen molar-refractivity contribution in [2.75, 3.05) is 0 Å². The largest absolute Gasteiger partial charge is 0.461 e. The first-order chi connectivity index (χ1) is 13.5. The molecule has 0 aliphatic carbocycles. The van der Waals surface area contributed by atoms with Crippen molar-refractivity contribution in [1.29, 1.82) is 0 Å². The second-order valence-corrected chi connectivity index (χ2v) is 7.47. The molecule has 144 valence electrons. The summed E-state index contributed by atoms with van der Waals surface area (Å²) >= 11 is 0. The lowest BCUT2D eigenvalue weighted by Gasteiger charge is -2.34. The van der Waals surface area contributed by atoms with Crippen molar-refractivity contribution >= 4 is 0 Å². The van der Waals surface area contributed by atoms with E-state index in [1.807, 2.05) is 57.2 Å². The van der Waals surface area contributed by atoms with Crippen LogP contribution in [0.5, 0.6) is 5.75 Å². The molecule has 0 saturated carbocycles. The first-order valence-electron chi connectivity index (χ1n) is 9.56. The molecule has 0 N–H and O–H groups in total. The number of benzene rings is 2. The maximum absolute atomic E-state index is 6.11. The van der Waals surface area contributed by atoms with Gasteiger partial charge in [-0.3, -0.25) is 0 Å². The highest BCUT2D eigenvalue weighted by atomic mass is 16.7. The predicted octanol–water partition coefficient (Wildman–Crippen LogP) is 5.42. The van der Waals surface area contributed by atoms with Crippen LogP contribution in [0.15, 0.2) is 60.7 Å². The molecule has 1 aliphatic heterocycles. The van der Waals surface area contributed by atoms with Crippen LogP contribution in [-0.4, -0.2) is 10.8 Å². The Morgan fingerprint density at radius 1 is 0.964 bits per heavy atom. The Labute approximate surface area is 166 Å². The Kier molecular flexibility index (Phi) is 5.16.